The minimum atomic E-state index is -0.0362. The first-order valence-corrected chi connectivity index (χ1v) is 17.3. The van der Waals surface area contributed by atoms with Gasteiger partial charge in [-0.3, -0.25) is 9.59 Å². The average molecular weight is 555 g/mol. The van der Waals surface area contributed by atoms with Crippen LogP contribution in [0.3, 0.4) is 0 Å². The Hall–Kier alpha value is -1.06. The summed E-state index contributed by atoms with van der Waals surface area (Å²) in [6, 6.07) is 0. The number of unbranched alkanes of at least 4 members (excludes halogenated alkanes) is 21. The van der Waals surface area contributed by atoms with Crippen molar-refractivity contribution >= 4 is 11.9 Å². The average Bonchev–Trinajstić information content (AvgIpc) is 2.90. The molecule has 0 fully saturated rings. The maximum absolute atomic E-state index is 11.4. The van der Waals surface area contributed by atoms with Crippen LogP contribution in [0.15, 0.2) is 0 Å². The maximum atomic E-state index is 11.4. The molecule has 4 nitrogen and oxygen atoms in total. The lowest BCUT2D eigenvalue weighted by Gasteiger charge is -2.07. The van der Waals surface area contributed by atoms with Gasteiger partial charge in [0, 0.05) is 12.8 Å². The number of rotatable bonds is 28. The fourth-order valence-electron chi connectivity index (χ4n) is 4.59. The van der Waals surface area contributed by atoms with E-state index in [1.54, 1.807) is 0 Å². The van der Waals surface area contributed by atoms with Gasteiger partial charge < -0.3 is 9.47 Å². The third-order valence-electron chi connectivity index (χ3n) is 7.10. The lowest BCUT2D eigenvalue weighted by Crippen LogP contribution is -2.10. The third kappa shape index (κ3) is 39.1. The Kier molecular flexibility index (Phi) is 35.9. The molecule has 0 spiro atoms. The molecule has 0 aromatic rings. The van der Waals surface area contributed by atoms with Crippen molar-refractivity contribution in [1.29, 1.82) is 0 Å². The predicted molar refractivity (Wildman–Crippen MR) is 169 cm³/mol. The molecule has 0 heterocycles. The van der Waals surface area contributed by atoms with Crippen LogP contribution in [0.25, 0.3) is 0 Å². The first-order valence-electron chi connectivity index (χ1n) is 17.3. The Balaban J connectivity index is 0. The zero-order valence-corrected chi connectivity index (χ0v) is 27.3. The SMILES string of the molecule is CCCCCCCCCCCCCC(=O)OC(C)C.CCCCCCCCCCCCCC(=O)OCCCC. The van der Waals surface area contributed by atoms with Gasteiger partial charge in [0.05, 0.1) is 12.7 Å². The standard InChI is InChI=1S/C18H36O2.C17H34O2/c1-3-5-7-8-9-10-11-12-13-14-15-16-18(19)20-17-6-4-2;1-4-5-6-7-8-9-10-11-12-13-14-15-17(18)19-16(2)3/h3-17H2,1-2H3;16H,4-15H2,1-3H3. The lowest BCUT2D eigenvalue weighted by molar-refractivity contribution is -0.147. The second-order valence-electron chi connectivity index (χ2n) is 11.7. The van der Waals surface area contributed by atoms with Gasteiger partial charge >= 0.3 is 11.9 Å². The van der Waals surface area contributed by atoms with Gasteiger partial charge in [-0.2, -0.15) is 0 Å². The molecule has 0 saturated carbocycles. The molecule has 39 heavy (non-hydrogen) atoms. The van der Waals surface area contributed by atoms with Crippen molar-refractivity contribution in [3.63, 3.8) is 0 Å². The molecule has 0 aliphatic heterocycles. The quantitative estimate of drug-likeness (QED) is 0.0712. The minimum Gasteiger partial charge on any atom is -0.466 e. The van der Waals surface area contributed by atoms with Gasteiger partial charge in [-0.05, 0) is 33.1 Å². The highest BCUT2D eigenvalue weighted by Crippen LogP contribution is 2.13. The highest BCUT2D eigenvalue weighted by atomic mass is 16.5. The molecule has 234 valence electrons. The summed E-state index contributed by atoms with van der Waals surface area (Å²) >= 11 is 0. The fraction of sp³-hybridized carbons (Fsp3) is 0.943. The van der Waals surface area contributed by atoms with Crippen LogP contribution in [0.2, 0.25) is 0 Å². The minimum absolute atomic E-state index is 0.00521. The van der Waals surface area contributed by atoms with E-state index in [2.05, 4.69) is 20.8 Å². The summed E-state index contributed by atoms with van der Waals surface area (Å²) in [5.74, 6) is -0.0414. The van der Waals surface area contributed by atoms with Crippen molar-refractivity contribution in [3.05, 3.63) is 0 Å². The molecule has 0 N–H and O–H groups in total. The molecule has 0 aromatic heterocycles. The zero-order valence-electron chi connectivity index (χ0n) is 27.3. The van der Waals surface area contributed by atoms with E-state index in [9.17, 15) is 9.59 Å². The van der Waals surface area contributed by atoms with Crippen molar-refractivity contribution in [1.82, 2.24) is 0 Å². The van der Waals surface area contributed by atoms with E-state index >= 15 is 0 Å². The highest BCUT2D eigenvalue weighted by molar-refractivity contribution is 5.69. The van der Waals surface area contributed by atoms with Crippen LogP contribution >= 0.6 is 0 Å². The van der Waals surface area contributed by atoms with Crippen LogP contribution in [-0.4, -0.2) is 24.6 Å². The van der Waals surface area contributed by atoms with Gasteiger partial charge in [0.1, 0.15) is 0 Å². The molecule has 0 aromatic carbocycles. The first-order chi connectivity index (χ1) is 19.0. The Labute approximate surface area is 245 Å². The number of hydrogen-bond acceptors (Lipinski definition) is 4. The van der Waals surface area contributed by atoms with E-state index in [0.717, 1.165) is 25.7 Å². The molecule has 0 aliphatic rings. The van der Waals surface area contributed by atoms with Crippen molar-refractivity contribution in [3.8, 4) is 0 Å². The number of ether oxygens (including phenoxy) is 2. The third-order valence-corrected chi connectivity index (χ3v) is 7.10. The molecular formula is C35H70O4. The Bertz CT molecular complexity index is 489. The molecule has 0 aliphatic carbocycles. The normalized spacial score (nSPS) is 10.8. The van der Waals surface area contributed by atoms with Gasteiger partial charge in [-0.1, -0.05) is 156 Å². The van der Waals surface area contributed by atoms with Crippen LogP contribution in [0.5, 0.6) is 0 Å². The van der Waals surface area contributed by atoms with E-state index in [-0.39, 0.29) is 18.0 Å². The van der Waals surface area contributed by atoms with Crippen molar-refractivity contribution in [2.45, 2.75) is 208 Å². The van der Waals surface area contributed by atoms with Crippen LogP contribution in [0, 0.1) is 0 Å². The van der Waals surface area contributed by atoms with E-state index in [0.29, 0.717) is 19.4 Å². The topological polar surface area (TPSA) is 52.6 Å². The van der Waals surface area contributed by atoms with E-state index < -0.39 is 0 Å². The van der Waals surface area contributed by atoms with Gasteiger partial charge in [-0.15, -0.1) is 0 Å². The number of esters is 2. The largest absolute Gasteiger partial charge is 0.466 e. The van der Waals surface area contributed by atoms with Crippen molar-refractivity contribution in [2.24, 2.45) is 0 Å². The summed E-state index contributed by atoms with van der Waals surface area (Å²) in [6.45, 7) is 11.0. The fourth-order valence-corrected chi connectivity index (χ4v) is 4.59. The lowest BCUT2D eigenvalue weighted by atomic mass is 10.1. The van der Waals surface area contributed by atoms with E-state index in [1.165, 1.54) is 128 Å². The van der Waals surface area contributed by atoms with Gasteiger partial charge in [0.2, 0.25) is 0 Å². The second kappa shape index (κ2) is 35.0. The molecule has 0 unspecified atom stereocenters. The molecule has 0 rings (SSSR count). The molecule has 0 bridgehead atoms. The summed E-state index contributed by atoms with van der Waals surface area (Å²) < 4.78 is 10.2. The summed E-state index contributed by atoms with van der Waals surface area (Å²) in [6.07, 6.45) is 32.3. The molecule has 0 radical (unpaired) electrons. The maximum Gasteiger partial charge on any atom is 0.306 e. The zero-order chi connectivity index (χ0) is 29.2. The smallest absolute Gasteiger partial charge is 0.306 e. The second-order valence-corrected chi connectivity index (χ2v) is 11.7. The Morgan fingerprint density at radius 2 is 0.744 bits per heavy atom. The molecule has 0 saturated heterocycles. The molecule has 0 amide bonds. The summed E-state index contributed by atoms with van der Waals surface area (Å²) in [5.41, 5.74) is 0. The van der Waals surface area contributed by atoms with Crippen molar-refractivity contribution in [2.75, 3.05) is 6.61 Å². The molecular weight excluding hydrogens is 484 g/mol. The summed E-state index contributed by atoms with van der Waals surface area (Å²) in [4.78, 5) is 22.6. The van der Waals surface area contributed by atoms with E-state index in [1.807, 2.05) is 13.8 Å². The van der Waals surface area contributed by atoms with Gasteiger partial charge in [0.25, 0.3) is 0 Å². The number of hydrogen-bond donors (Lipinski definition) is 0. The number of carbonyl (C=O) groups is 2. The van der Waals surface area contributed by atoms with Gasteiger partial charge in [-0.25, -0.2) is 0 Å². The predicted octanol–water partition coefficient (Wildman–Crippen LogP) is 11.7. The summed E-state index contributed by atoms with van der Waals surface area (Å²) in [7, 11) is 0. The van der Waals surface area contributed by atoms with Crippen LogP contribution in [0.4, 0.5) is 0 Å². The Morgan fingerprint density at radius 3 is 1.08 bits per heavy atom. The monoisotopic (exact) mass is 555 g/mol. The Morgan fingerprint density at radius 1 is 0.436 bits per heavy atom. The van der Waals surface area contributed by atoms with Crippen LogP contribution in [-0.2, 0) is 19.1 Å². The first kappa shape index (κ1) is 40.1. The number of carbonyl (C=O) groups excluding carboxylic acids is 2. The summed E-state index contributed by atoms with van der Waals surface area (Å²) in [5, 5.41) is 0. The molecule has 4 heteroatoms. The molecule has 0 atom stereocenters. The highest BCUT2D eigenvalue weighted by Gasteiger charge is 2.04. The van der Waals surface area contributed by atoms with Crippen LogP contribution < -0.4 is 0 Å². The van der Waals surface area contributed by atoms with Crippen LogP contribution in [0.1, 0.15) is 202 Å². The van der Waals surface area contributed by atoms with Crippen molar-refractivity contribution < 1.29 is 19.1 Å². The van der Waals surface area contributed by atoms with Gasteiger partial charge in [0.15, 0.2) is 0 Å². The van der Waals surface area contributed by atoms with E-state index in [4.69, 9.17) is 9.47 Å².